The van der Waals surface area contributed by atoms with E-state index in [-0.39, 0.29) is 5.54 Å². The molecule has 0 radical (unpaired) electrons. The monoisotopic (exact) mass is 137 g/mol. The largest absolute Gasteiger partial charge is 0.286 e. The smallest absolute Gasteiger partial charge is 0.233 e. The van der Waals surface area contributed by atoms with Crippen molar-refractivity contribution in [3.63, 3.8) is 0 Å². The predicted octanol–water partition coefficient (Wildman–Crippen LogP) is 1.12. The van der Waals surface area contributed by atoms with Gasteiger partial charge in [-0.3, -0.25) is 0 Å². The fraction of sp³-hybridized carbons (Fsp3) is 0.500. The van der Waals surface area contributed by atoms with Crippen LogP contribution in [0.5, 0.6) is 0 Å². The molecule has 0 aliphatic heterocycles. The van der Waals surface area contributed by atoms with Crippen LogP contribution in [0.3, 0.4) is 0 Å². The van der Waals surface area contributed by atoms with Gasteiger partial charge in [-0.15, -0.1) is 0 Å². The first-order valence-corrected chi connectivity index (χ1v) is 3.42. The minimum Gasteiger partial charge on any atom is -0.233 e. The molecule has 2 heteroatoms. The van der Waals surface area contributed by atoms with Gasteiger partial charge in [0.15, 0.2) is 0 Å². The molecule has 0 saturated heterocycles. The molecule has 1 aromatic heterocycles. The summed E-state index contributed by atoms with van der Waals surface area (Å²) in [6.07, 6.45) is 5.63. The Hall–Kier alpha value is -0.920. The van der Waals surface area contributed by atoms with E-state index >= 15 is 0 Å². The maximum absolute atomic E-state index is 4.01. The van der Waals surface area contributed by atoms with Crippen molar-refractivity contribution in [2.75, 3.05) is 0 Å². The summed E-state index contributed by atoms with van der Waals surface area (Å²) < 4.78 is 2.08. The Morgan fingerprint density at radius 2 is 2.00 bits per heavy atom. The number of nitrogens with zero attached hydrogens (tertiary/aromatic N) is 2. The Labute approximate surface area is 61.5 Å². The molecule has 0 bridgehead atoms. The molecule has 0 aliphatic carbocycles. The summed E-state index contributed by atoms with van der Waals surface area (Å²) in [5.74, 6) is 0. The van der Waals surface area contributed by atoms with E-state index in [0.29, 0.717) is 0 Å². The Kier molecular flexibility index (Phi) is 1.70. The first-order chi connectivity index (χ1) is 4.61. The summed E-state index contributed by atoms with van der Waals surface area (Å²) in [5, 5.41) is 0. The molecule has 0 amide bonds. The molecule has 0 atom stereocenters. The first kappa shape index (κ1) is 7.19. The third-order valence-electron chi connectivity index (χ3n) is 1.38. The highest BCUT2D eigenvalue weighted by Gasteiger charge is 2.15. The van der Waals surface area contributed by atoms with Crippen molar-refractivity contribution in [3.8, 4) is 0 Å². The molecule has 54 valence electrons. The van der Waals surface area contributed by atoms with Crippen LogP contribution in [-0.2, 0) is 5.54 Å². The van der Waals surface area contributed by atoms with Crippen LogP contribution in [0.2, 0.25) is 0 Å². The van der Waals surface area contributed by atoms with Crippen molar-refractivity contribution in [1.82, 2.24) is 4.98 Å². The molecule has 1 aromatic rings. The topological polar surface area (TPSA) is 16.8 Å². The van der Waals surface area contributed by atoms with Gasteiger partial charge in [-0.2, -0.15) is 0 Å². The van der Waals surface area contributed by atoms with Gasteiger partial charge in [0.05, 0.1) is 6.20 Å². The van der Waals surface area contributed by atoms with Gasteiger partial charge in [0.25, 0.3) is 6.33 Å². The third kappa shape index (κ3) is 1.53. The standard InChI is InChI=1S/C8H13N2/c1-8(2,3)10-6-4-5-9-7-10/h4-7H,1-3H3/q+1. The van der Waals surface area contributed by atoms with Crippen molar-refractivity contribution < 1.29 is 4.57 Å². The fourth-order valence-electron chi connectivity index (χ4n) is 0.727. The maximum atomic E-state index is 4.01. The van der Waals surface area contributed by atoms with E-state index < -0.39 is 0 Å². The zero-order chi connectivity index (χ0) is 7.61. The van der Waals surface area contributed by atoms with Crippen molar-refractivity contribution >= 4 is 0 Å². The molecule has 0 unspecified atom stereocenters. The van der Waals surface area contributed by atoms with E-state index in [1.807, 2.05) is 18.6 Å². The summed E-state index contributed by atoms with van der Waals surface area (Å²) in [6.45, 7) is 6.44. The molecule has 1 heterocycles. The summed E-state index contributed by atoms with van der Waals surface area (Å²) in [4.78, 5) is 4.01. The van der Waals surface area contributed by atoms with Gasteiger partial charge in [0, 0.05) is 6.07 Å². The van der Waals surface area contributed by atoms with Crippen LogP contribution >= 0.6 is 0 Å². The molecular formula is C8H13N2+. The quantitative estimate of drug-likeness (QED) is 0.490. The molecule has 10 heavy (non-hydrogen) atoms. The average molecular weight is 137 g/mol. The average Bonchev–Trinajstić information content (AvgIpc) is 1.88. The van der Waals surface area contributed by atoms with E-state index in [4.69, 9.17) is 0 Å². The number of hydrogen-bond acceptors (Lipinski definition) is 1. The van der Waals surface area contributed by atoms with Crippen LogP contribution in [0.4, 0.5) is 0 Å². The lowest BCUT2D eigenvalue weighted by Gasteiger charge is -2.14. The highest BCUT2D eigenvalue weighted by atomic mass is 15.1. The summed E-state index contributed by atoms with van der Waals surface area (Å²) in [6, 6.07) is 1.94. The molecule has 0 aliphatic rings. The van der Waals surface area contributed by atoms with Crippen molar-refractivity contribution in [2.45, 2.75) is 26.3 Å². The van der Waals surface area contributed by atoms with Crippen LogP contribution in [0.15, 0.2) is 24.8 Å². The second kappa shape index (κ2) is 2.37. The molecule has 0 saturated carbocycles. The van der Waals surface area contributed by atoms with E-state index in [2.05, 4.69) is 30.3 Å². The zero-order valence-corrected chi connectivity index (χ0v) is 6.70. The van der Waals surface area contributed by atoms with Crippen molar-refractivity contribution in [2.24, 2.45) is 0 Å². The maximum Gasteiger partial charge on any atom is 0.286 e. The SMILES string of the molecule is CC(C)(C)[n+]1cccnc1. The van der Waals surface area contributed by atoms with Gasteiger partial charge in [-0.05, 0) is 20.8 Å². The minimum atomic E-state index is 0.147. The van der Waals surface area contributed by atoms with Crippen LogP contribution in [0.25, 0.3) is 0 Å². The lowest BCUT2D eigenvalue weighted by Crippen LogP contribution is -2.49. The van der Waals surface area contributed by atoms with Gasteiger partial charge >= 0.3 is 0 Å². The Morgan fingerprint density at radius 1 is 1.30 bits per heavy atom. The van der Waals surface area contributed by atoms with Crippen LogP contribution in [-0.4, -0.2) is 4.98 Å². The van der Waals surface area contributed by atoms with Gasteiger partial charge in [-0.25, -0.2) is 4.57 Å². The van der Waals surface area contributed by atoms with E-state index in [0.717, 1.165) is 0 Å². The molecule has 2 nitrogen and oxygen atoms in total. The molecular weight excluding hydrogens is 124 g/mol. The third-order valence-corrected chi connectivity index (χ3v) is 1.38. The number of rotatable bonds is 0. The minimum absolute atomic E-state index is 0.147. The van der Waals surface area contributed by atoms with E-state index in [9.17, 15) is 0 Å². The van der Waals surface area contributed by atoms with Crippen LogP contribution in [0, 0.1) is 0 Å². The highest BCUT2D eigenvalue weighted by molar-refractivity contribution is 4.70. The van der Waals surface area contributed by atoms with Gasteiger partial charge in [0.2, 0.25) is 0 Å². The van der Waals surface area contributed by atoms with Crippen molar-refractivity contribution in [1.29, 1.82) is 0 Å². The summed E-state index contributed by atoms with van der Waals surface area (Å²) in [7, 11) is 0. The van der Waals surface area contributed by atoms with Crippen LogP contribution in [0.1, 0.15) is 20.8 Å². The Bertz CT molecular complexity index is 198. The van der Waals surface area contributed by atoms with Crippen molar-refractivity contribution in [3.05, 3.63) is 24.8 Å². The molecule has 0 fully saturated rings. The Morgan fingerprint density at radius 3 is 2.30 bits per heavy atom. The zero-order valence-electron chi connectivity index (χ0n) is 6.70. The molecule has 1 rings (SSSR count). The summed E-state index contributed by atoms with van der Waals surface area (Å²) >= 11 is 0. The van der Waals surface area contributed by atoms with Gasteiger partial charge < -0.3 is 0 Å². The molecule has 0 N–H and O–H groups in total. The van der Waals surface area contributed by atoms with E-state index in [1.54, 1.807) is 6.20 Å². The Balaban J connectivity index is 2.97. The van der Waals surface area contributed by atoms with Crippen LogP contribution < -0.4 is 4.57 Å². The molecule has 0 spiro atoms. The predicted molar refractivity (Wildman–Crippen MR) is 39.4 cm³/mol. The fourth-order valence-corrected chi connectivity index (χ4v) is 0.727. The number of hydrogen-bond donors (Lipinski definition) is 0. The number of aromatic nitrogens is 2. The highest BCUT2D eigenvalue weighted by Crippen LogP contribution is 2.00. The second-order valence-corrected chi connectivity index (χ2v) is 3.33. The first-order valence-electron chi connectivity index (χ1n) is 3.42. The normalized spacial score (nSPS) is 11.5. The summed E-state index contributed by atoms with van der Waals surface area (Å²) in [5.41, 5.74) is 0.147. The molecule has 0 aromatic carbocycles. The van der Waals surface area contributed by atoms with E-state index in [1.165, 1.54) is 0 Å². The van der Waals surface area contributed by atoms with Gasteiger partial charge in [0.1, 0.15) is 11.7 Å². The lowest BCUT2D eigenvalue weighted by atomic mass is 10.1. The second-order valence-electron chi connectivity index (χ2n) is 3.33. The van der Waals surface area contributed by atoms with Gasteiger partial charge in [-0.1, -0.05) is 4.98 Å². The lowest BCUT2D eigenvalue weighted by molar-refractivity contribution is -0.756.